The summed E-state index contributed by atoms with van der Waals surface area (Å²) in [5.41, 5.74) is 1.96. The maximum atomic E-state index is 12.3. The molecule has 1 amide bonds. The molecule has 0 unspecified atom stereocenters. The lowest BCUT2D eigenvalue weighted by atomic mass is 10.2. The first-order valence-corrected chi connectivity index (χ1v) is 9.30. The van der Waals surface area contributed by atoms with Gasteiger partial charge < -0.3 is 4.74 Å². The molecule has 0 aromatic heterocycles. The van der Waals surface area contributed by atoms with E-state index in [-0.39, 0.29) is 5.91 Å². The van der Waals surface area contributed by atoms with Crippen molar-refractivity contribution < 1.29 is 9.53 Å². The molecule has 25 heavy (non-hydrogen) atoms. The van der Waals surface area contributed by atoms with Gasteiger partial charge in [-0.25, -0.2) is 0 Å². The molecule has 0 aliphatic carbocycles. The minimum absolute atomic E-state index is 0.0479. The van der Waals surface area contributed by atoms with Crippen LogP contribution in [0.4, 0.5) is 0 Å². The van der Waals surface area contributed by atoms with Gasteiger partial charge in [0.25, 0.3) is 5.91 Å². The lowest BCUT2D eigenvalue weighted by Crippen LogP contribution is -2.23. The van der Waals surface area contributed by atoms with Crippen molar-refractivity contribution in [2.75, 3.05) is 14.1 Å². The van der Waals surface area contributed by atoms with Crippen molar-refractivity contribution in [1.29, 1.82) is 0 Å². The number of thioether (sulfide) groups is 1. The Kier molecular flexibility index (Phi) is 5.60. The van der Waals surface area contributed by atoms with Gasteiger partial charge in [-0.2, -0.15) is 0 Å². The summed E-state index contributed by atoms with van der Waals surface area (Å²) in [4.78, 5) is 18.6. The van der Waals surface area contributed by atoms with Gasteiger partial charge in [-0.05, 0) is 41.6 Å². The first-order chi connectivity index (χ1) is 12.1. The Morgan fingerprint density at radius 2 is 1.92 bits per heavy atom. The van der Waals surface area contributed by atoms with Crippen LogP contribution >= 0.6 is 27.7 Å². The second kappa shape index (κ2) is 7.89. The topological polar surface area (TPSA) is 41.9 Å². The molecule has 1 aliphatic rings. The smallest absolute Gasteiger partial charge is 0.266 e. The largest absolute Gasteiger partial charge is 0.488 e. The van der Waals surface area contributed by atoms with E-state index >= 15 is 0 Å². The van der Waals surface area contributed by atoms with E-state index in [1.807, 2.05) is 54.6 Å². The zero-order chi connectivity index (χ0) is 17.8. The third kappa shape index (κ3) is 4.14. The predicted octanol–water partition coefficient (Wildman–Crippen LogP) is 4.56. The molecule has 1 aliphatic heterocycles. The van der Waals surface area contributed by atoms with Crippen LogP contribution in [0.25, 0.3) is 6.08 Å². The molecule has 6 heteroatoms. The summed E-state index contributed by atoms with van der Waals surface area (Å²) >= 11 is 4.80. The lowest BCUT2D eigenvalue weighted by Gasteiger charge is -2.10. The van der Waals surface area contributed by atoms with Gasteiger partial charge in [0.2, 0.25) is 0 Å². The Balaban J connectivity index is 1.80. The average molecular weight is 417 g/mol. The number of nitrogens with zero attached hydrogens (tertiary/aromatic N) is 2. The predicted molar refractivity (Wildman–Crippen MR) is 107 cm³/mol. The van der Waals surface area contributed by atoms with Gasteiger partial charge in [0.05, 0.1) is 4.91 Å². The summed E-state index contributed by atoms with van der Waals surface area (Å²) in [6.45, 7) is 0.468. The van der Waals surface area contributed by atoms with Crippen molar-refractivity contribution >= 4 is 44.8 Å². The molecule has 3 rings (SSSR count). The summed E-state index contributed by atoms with van der Waals surface area (Å²) < 4.78 is 7.00. The number of halogens is 1. The van der Waals surface area contributed by atoms with Gasteiger partial charge in [-0.1, -0.05) is 46.3 Å². The van der Waals surface area contributed by atoms with Gasteiger partial charge in [0.15, 0.2) is 5.17 Å². The number of hydrogen-bond acceptors (Lipinski definition) is 4. The molecule has 0 saturated carbocycles. The highest BCUT2D eigenvalue weighted by molar-refractivity contribution is 9.10. The van der Waals surface area contributed by atoms with Crippen molar-refractivity contribution in [3.63, 3.8) is 0 Å². The molecule has 1 saturated heterocycles. The Bertz CT molecular complexity index is 847. The lowest BCUT2D eigenvalue weighted by molar-refractivity contribution is -0.121. The number of para-hydroxylation sites is 1. The number of carbonyl (C=O) groups is 1. The number of benzene rings is 2. The maximum Gasteiger partial charge on any atom is 0.266 e. The van der Waals surface area contributed by atoms with E-state index in [0.29, 0.717) is 16.7 Å². The fourth-order valence-corrected chi connectivity index (χ4v) is 3.55. The van der Waals surface area contributed by atoms with Crippen LogP contribution in [0.3, 0.4) is 0 Å². The minimum Gasteiger partial charge on any atom is -0.488 e. The quantitative estimate of drug-likeness (QED) is 0.685. The van der Waals surface area contributed by atoms with Crippen LogP contribution in [-0.2, 0) is 11.4 Å². The highest BCUT2D eigenvalue weighted by atomic mass is 79.9. The third-order valence-corrected chi connectivity index (χ3v) is 5.39. The van der Waals surface area contributed by atoms with E-state index in [2.05, 4.69) is 20.9 Å². The molecular formula is C19H17BrN2O2S. The molecule has 2 aromatic carbocycles. The van der Waals surface area contributed by atoms with E-state index in [4.69, 9.17) is 4.74 Å². The van der Waals surface area contributed by atoms with Crippen LogP contribution < -0.4 is 4.74 Å². The number of hydrogen-bond donors (Lipinski definition) is 0. The molecule has 2 aromatic rings. The molecule has 1 fully saturated rings. The highest BCUT2D eigenvalue weighted by Gasteiger charge is 2.29. The first-order valence-electron chi connectivity index (χ1n) is 7.69. The number of amidine groups is 1. The molecule has 1 heterocycles. The van der Waals surface area contributed by atoms with Crippen LogP contribution in [0.1, 0.15) is 11.1 Å². The van der Waals surface area contributed by atoms with E-state index in [0.717, 1.165) is 21.3 Å². The van der Waals surface area contributed by atoms with Gasteiger partial charge in [-0.3, -0.25) is 14.7 Å². The van der Waals surface area contributed by atoms with Gasteiger partial charge in [0.1, 0.15) is 12.4 Å². The SMILES string of the molecule is CN=C1S/C(=C/c2ccccc2OCc2ccc(Br)cc2)C(=O)N1C. The van der Waals surface area contributed by atoms with Crippen molar-refractivity contribution in [2.24, 2.45) is 4.99 Å². The summed E-state index contributed by atoms with van der Waals surface area (Å²) in [7, 11) is 3.42. The van der Waals surface area contributed by atoms with Gasteiger partial charge in [-0.15, -0.1) is 0 Å². The van der Waals surface area contributed by atoms with Crippen LogP contribution in [0.15, 0.2) is 62.9 Å². The molecular weight excluding hydrogens is 400 g/mol. The minimum atomic E-state index is -0.0479. The van der Waals surface area contributed by atoms with Gasteiger partial charge in [0, 0.05) is 24.1 Å². The van der Waals surface area contributed by atoms with Crippen LogP contribution in [-0.4, -0.2) is 30.1 Å². The first kappa shape index (κ1) is 17.8. The van der Waals surface area contributed by atoms with Crippen molar-refractivity contribution in [2.45, 2.75) is 6.61 Å². The number of rotatable bonds is 4. The van der Waals surface area contributed by atoms with Gasteiger partial charge >= 0.3 is 0 Å². The van der Waals surface area contributed by atoms with Crippen LogP contribution in [0.2, 0.25) is 0 Å². The fourth-order valence-electron chi connectivity index (χ4n) is 2.36. The summed E-state index contributed by atoms with van der Waals surface area (Å²) in [5.74, 6) is 0.698. The normalized spacial score (nSPS) is 17.6. The van der Waals surface area contributed by atoms with E-state index < -0.39 is 0 Å². The van der Waals surface area contributed by atoms with E-state index in [9.17, 15) is 4.79 Å². The zero-order valence-corrected chi connectivity index (χ0v) is 16.3. The van der Waals surface area contributed by atoms with Crippen molar-refractivity contribution in [3.05, 3.63) is 69.0 Å². The monoisotopic (exact) mass is 416 g/mol. The molecule has 4 nitrogen and oxygen atoms in total. The molecule has 0 bridgehead atoms. The fraction of sp³-hybridized carbons (Fsp3) is 0.158. The average Bonchev–Trinajstić information content (AvgIpc) is 2.90. The number of amides is 1. The standard InChI is InChI=1S/C19H17BrN2O2S/c1-21-19-22(2)18(23)17(25-19)11-14-5-3-4-6-16(14)24-12-13-7-9-15(20)10-8-13/h3-11H,12H2,1-2H3/b17-11+,21-19?. The maximum absolute atomic E-state index is 12.3. The summed E-state index contributed by atoms with van der Waals surface area (Å²) in [5, 5.41) is 0.699. The second-order valence-corrected chi connectivity index (χ2v) is 7.36. The van der Waals surface area contributed by atoms with Crippen LogP contribution in [0, 0.1) is 0 Å². The zero-order valence-electron chi connectivity index (χ0n) is 13.9. The molecule has 128 valence electrons. The summed E-state index contributed by atoms with van der Waals surface area (Å²) in [6, 6.07) is 15.7. The third-order valence-electron chi connectivity index (χ3n) is 3.71. The number of likely N-dealkylation sites (N-methyl/N-ethyl adjacent to an activating group) is 1. The van der Waals surface area contributed by atoms with E-state index in [1.54, 1.807) is 19.0 Å². The Labute approximate surface area is 159 Å². The molecule has 0 N–H and O–H groups in total. The van der Waals surface area contributed by atoms with Crippen molar-refractivity contribution in [1.82, 2.24) is 4.90 Å². The number of ether oxygens (including phenoxy) is 1. The molecule has 0 atom stereocenters. The van der Waals surface area contributed by atoms with E-state index in [1.165, 1.54) is 11.8 Å². The molecule has 0 radical (unpaired) electrons. The number of aliphatic imine (C=N–C) groups is 1. The second-order valence-electron chi connectivity index (χ2n) is 5.43. The van der Waals surface area contributed by atoms with Crippen LogP contribution in [0.5, 0.6) is 5.75 Å². The Morgan fingerprint density at radius 3 is 2.60 bits per heavy atom. The number of carbonyl (C=O) groups excluding carboxylic acids is 1. The summed E-state index contributed by atoms with van der Waals surface area (Å²) in [6.07, 6.45) is 1.86. The highest BCUT2D eigenvalue weighted by Crippen LogP contribution is 2.33. The Morgan fingerprint density at radius 1 is 1.20 bits per heavy atom. The Hall–Kier alpha value is -2.05. The molecule has 0 spiro atoms. The van der Waals surface area contributed by atoms with Crippen molar-refractivity contribution in [3.8, 4) is 5.75 Å².